The van der Waals surface area contributed by atoms with Gasteiger partial charge >= 0.3 is 5.97 Å². The summed E-state index contributed by atoms with van der Waals surface area (Å²) in [6, 6.07) is 0. The van der Waals surface area contributed by atoms with Crippen molar-refractivity contribution in [2.75, 3.05) is 6.54 Å². The first-order chi connectivity index (χ1) is 7.22. The Labute approximate surface area is 98.1 Å². The maximum absolute atomic E-state index is 11.2. The fourth-order valence-corrected chi connectivity index (χ4v) is 1.43. The van der Waals surface area contributed by atoms with Crippen LogP contribution in [-0.4, -0.2) is 33.9 Å². The fraction of sp³-hybridized carbons (Fsp3) is 0.917. The molecule has 3 N–H and O–H groups in total. The maximum Gasteiger partial charge on any atom is 0.323 e. The van der Waals surface area contributed by atoms with E-state index >= 15 is 0 Å². The summed E-state index contributed by atoms with van der Waals surface area (Å²) in [5, 5.41) is 22.3. The molecule has 0 spiro atoms. The smallest absolute Gasteiger partial charge is 0.323 e. The van der Waals surface area contributed by atoms with Crippen molar-refractivity contribution in [3.8, 4) is 0 Å². The molecule has 4 nitrogen and oxygen atoms in total. The molecule has 0 fully saturated rings. The van der Waals surface area contributed by atoms with Gasteiger partial charge in [0.15, 0.2) is 0 Å². The lowest BCUT2D eigenvalue weighted by Crippen LogP contribution is -2.56. The van der Waals surface area contributed by atoms with Gasteiger partial charge in [0.05, 0.1) is 5.60 Å². The third-order valence-electron chi connectivity index (χ3n) is 3.64. The topological polar surface area (TPSA) is 69.6 Å². The van der Waals surface area contributed by atoms with Gasteiger partial charge in [-0.25, -0.2) is 0 Å². The molecule has 1 unspecified atom stereocenters. The molecular formula is C12H25NO3. The summed E-state index contributed by atoms with van der Waals surface area (Å²) < 4.78 is 0. The third-order valence-corrected chi connectivity index (χ3v) is 3.64. The Morgan fingerprint density at radius 3 is 2.00 bits per heavy atom. The predicted octanol–water partition coefficient (Wildman–Crippen LogP) is 1.63. The van der Waals surface area contributed by atoms with Crippen molar-refractivity contribution in [1.82, 2.24) is 5.32 Å². The summed E-state index contributed by atoms with van der Waals surface area (Å²) in [5.74, 6) is -0.766. The standard InChI is InChI=1S/C12H25NO3/c1-6-12(7-2,10(14)15)13-8-11(5,16)9(3)4/h9,13,16H,6-8H2,1-5H3,(H,14,15). The minimum Gasteiger partial charge on any atom is -0.480 e. The Hall–Kier alpha value is -0.610. The number of β-amino-alcohol motifs (C(OH)–C–C–N with tert-alkyl or cyclic N) is 1. The van der Waals surface area contributed by atoms with Gasteiger partial charge < -0.3 is 10.2 Å². The van der Waals surface area contributed by atoms with Crippen LogP contribution in [0.1, 0.15) is 47.5 Å². The van der Waals surface area contributed by atoms with Gasteiger partial charge in [-0.05, 0) is 25.7 Å². The number of carboxylic acid groups (broad SMARTS) is 1. The minimum atomic E-state index is -0.918. The van der Waals surface area contributed by atoms with E-state index in [1.54, 1.807) is 6.92 Å². The molecule has 0 aliphatic heterocycles. The van der Waals surface area contributed by atoms with Crippen molar-refractivity contribution in [2.24, 2.45) is 5.92 Å². The third kappa shape index (κ3) is 3.46. The van der Waals surface area contributed by atoms with E-state index in [2.05, 4.69) is 5.32 Å². The van der Waals surface area contributed by atoms with Crippen LogP contribution in [0, 0.1) is 5.92 Å². The van der Waals surface area contributed by atoms with Crippen molar-refractivity contribution < 1.29 is 15.0 Å². The van der Waals surface area contributed by atoms with Crippen LogP contribution in [0.25, 0.3) is 0 Å². The number of rotatable bonds is 7. The summed E-state index contributed by atoms with van der Waals surface area (Å²) in [6.07, 6.45) is 1.01. The zero-order valence-electron chi connectivity index (χ0n) is 11.0. The number of aliphatic hydroxyl groups is 1. The van der Waals surface area contributed by atoms with Crippen molar-refractivity contribution in [2.45, 2.75) is 58.6 Å². The molecule has 0 radical (unpaired) electrons. The number of hydrogen-bond acceptors (Lipinski definition) is 3. The molecule has 4 heteroatoms. The van der Waals surface area contributed by atoms with Gasteiger partial charge in [-0.15, -0.1) is 0 Å². The molecule has 1 atom stereocenters. The summed E-state index contributed by atoms with van der Waals surface area (Å²) in [7, 11) is 0. The van der Waals surface area contributed by atoms with E-state index in [4.69, 9.17) is 0 Å². The van der Waals surface area contributed by atoms with Crippen molar-refractivity contribution >= 4 is 5.97 Å². The van der Waals surface area contributed by atoms with E-state index in [1.165, 1.54) is 0 Å². The van der Waals surface area contributed by atoms with Crippen LogP contribution in [0.15, 0.2) is 0 Å². The van der Waals surface area contributed by atoms with E-state index in [9.17, 15) is 15.0 Å². The Balaban J connectivity index is 4.62. The summed E-state index contributed by atoms with van der Waals surface area (Å²) in [6.45, 7) is 9.54. The molecule has 0 heterocycles. The number of hydrogen-bond donors (Lipinski definition) is 3. The molecule has 0 rings (SSSR count). The van der Waals surface area contributed by atoms with E-state index in [1.807, 2.05) is 27.7 Å². The van der Waals surface area contributed by atoms with Crippen LogP contribution < -0.4 is 5.32 Å². The van der Waals surface area contributed by atoms with Crippen molar-refractivity contribution in [3.05, 3.63) is 0 Å². The second-order valence-electron chi connectivity index (χ2n) is 4.96. The number of nitrogens with one attached hydrogen (secondary N) is 1. The minimum absolute atomic E-state index is 0.0835. The zero-order valence-corrected chi connectivity index (χ0v) is 11.0. The lowest BCUT2D eigenvalue weighted by Gasteiger charge is -2.35. The summed E-state index contributed by atoms with van der Waals surface area (Å²) >= 11 is 0. The van der Waals surface area contributed by atoms with Crippen LogP contribution in [0.5, 0.6) is 0 Å². The van der Waals surface area contributed by atoms with E-state index in [0.29, 0.717) is 19.4 Å². The number of carboxylic acids is 1. The monoisotopic (exact) mass is 231 g/mol. The molecule has 0 bridgehead atoms. The second kappa shape index (κ2) is 5.64. The SMILES string of the molecule is CCC(CC)(NCC(C)(O)C(C)C)C(=O)O. The quantitative estimate of drug-likeness (QED) is 0.623. The van der Waals surface area contributed by atoms with Gasteiger partial charge in [0.1, 0.15) is 5.54 Å². The average Bonchev–Trinajstić information content (AvgIpc) is 2.19. The molecule has 0 aromatic rings. The van der Waals surface area contributed by atoms with Gasteiger partial charge in [-0.1, -0.05) is 27.7 Å². The Morgan fingerprint density at radius 1 is 1.31 bits per heavy atom. The van der Waals surface area contributed by atoms with E-state index in [0.717, 1.165) is 0 Å². The highest BCUT2D eigenvalue weighted by molar-refractivity contribution is 5.78. The lowest BCUT2D eigenvalue weighted by molar-refractivity contribution is -0.146. The second-order valence-corrected chi connectivity index (χ2v) is 4.96. The molecule has 0 saturated carbocycles. The lowest BCUT2D eigenvalue weighted by atomic mass is 9.88. The Kier molecular flexibility index (Phi) is 5.42. The highest BCUT2D eigenvalue weighted by Gasteiger charge is 2.37. The van der Waals surface area contributed by atoms with E-state index < -0.39 is 17.1 Å². The Morgan fingerprint density at radius 2 is 1.75 bits per heavy atom. The maximum atomic E-state index is 11.2. The number of aliphatic carboxylic acids is 1. The molecule has 0 aliphatic carbocycles. The summed E-state index contributed by atoms with van der Waals surface area (Å²) in [4.78, 5) is 11.2. The first-order valence-corrected chi connectivity index (χ1v) is 5.92. The van der Waals surface area contributed by atoms with Gasteiger partial charge in [-0.2, -0.15) is 0 Å². The molecule has 0 amide bonds. The molecule has 16 heavy (non-hydrogen) atoms. The molecule has 0 aromatic heterocycles. The molecule has 96 valence electrons. The first-order valence-electron chi connectivity index (χ1n) is 5.92. The average molecular weight is 231 g/mol. The number of carbonyl (C=O) groups is 1. The highest BCUT2D eigenvalue weighted by Crippen LogP contribution is 2.20. The Bertz CT molecular complexity index is 232. The van der Waals surface area contributed by atoms with Crippen molar-refractivity contribution in [1.29, 1.82) is 0 Å². The largest absolute Gasteiger partial charge is 0.480 e. The van der Waals surface area contributed by atoms with Crippen LogP contribution in [0.3, 0.4) is 0 Å². The predicted molar refractivity (Wildman–Crippen MR) is 64.4 cm³/mol. The van der Waals surface area contributed by atoms with Gasteiger partial charge in [-0.3, -0.25) is 10.1 Å². The molecular weight excluding hydrogens is 206 g/mol. The molecule has 0 aliphatic rings. The van der Waals surface area contributed by atoms with Crippen LogP contribution in [-0.2, 0) is 4.79 Å². The van der Waals surface area contributed by atoms with Crippen LogP contribution in [0.4, 0.5) is 0 Å². The van der Waals surface area contributed by atoms with Crippen LogP contribution >= 0.6 is 0 Å². The van der Waals surface area contributed by atoms with Crippen LogP contribution in [0.2, 0.25) is 0 Å². The highest BCUT2D eigenvalue weighted by atomic mass is 16.4. The zero-order chi connectivity index (χ0) is 13.0. The van der Waals surface area contributed by atoms with Gasteiger partial charge in [0.25, 0.3) is 0 Å². The van der Waals surface area contributed by atoms with Crippen molar-refractivity contribution in [3.63, 3.8) is 0 Å². The van der Waals surface area contributed by atoms with Gasteiger partial charge in [0.2, 0.25) is 0 Å². The first kappa shape index (κ1) is 15.4. The fourth-order valence-electron chi connectivity index (χ4n) is 1.43. The van der Waals surface area contributed by atoms with Gasteiger partial charge in [0, 0.05) is 6.54 Å². The van der Waals surface area contributed by atoms with E-state index in [-0.39, 0.29) is 5.92 Å². The normalized spacial score (nSPS) is 16.2. The molecule has 0 saturated heterocycles. The summed E-state index contributed by atoms with van der Waals surface area (Å²) in [5.41, 5.74) is -1.80. The molecule has 0 aromatic carbocycles.